The van der Waals surface area contributed by atoms with E-state index in [2.05, 4.69) is 35.9 Å². The van der Waals surface area contributed by atoms with E-state index in [9.17, 15) is 4.79 Å². The molecule has 33 heavy (non-hydrogen) atoms. The number of para-hydroxylation sites is 1. The van der Waals surface area contributed by atoms with Gasteiger partial charge in [0.2, 0.25) is 5.91 Å². The van der Waals surface area contributed by atoms with Gasteiger partial charge < -0.3 is 0 Å². The molecule has 0 unspecified atom stereocenters. The number of anilines is 2. The van der Waals surface area contributed by atoms with Gasteiger partial charge in [-0.15, -0.1) is 11.3 Å². The van der Waals surface area contributed by atoms with Crippen LogP contribution in [0.4, 0.5) is 10.8 Å². The molecule has 0 atom stereocenters. The molecule has 3 aromatic heterocycles. The number of carbonyl (C=O) groups excluding carboxylic acids is 1. The second kappa shape index (κ2) is 9.21. The third kappa shape index (κ3) is 4.55. The quantitative estimate of drug-likeness (QED) is 0.272. The summed E-state index contributed by atoms with van der Waals surface area (Å²) in [5.41, 5.74) is 4.63. The fourth-order valence-corrected chi connectivity index (χ4v) is 5.38. The minimum absolute atomic E-state index is 0.0608. The number of amides is 1. The number of nitrogens with zero attached hydrogens (tertiary/aromatic N) is 4. The van der Waals surface area contributed by atoms with E-state index in [0.717, 1.165) is 32.2 Å². The first kappa shape index (κ1) is 21.4. The number of carbonyl (C=O) groups is 1. The van der Waals surface area contributed by atoms with Crippen molar-refractivity contribution >= 4 is 49.6 Å². The summed E-state index contributed by atoms with van der Waals surface area (Å²) in [6.07, 6.45) is 3.72. The predicted octanol–water partition coefficient (Wildman–Crippen LogP) is 6.85. The number of thiazole rings is 2. The average molecular weight is 471 g/mol. The first-order chi connectivity index (χ1) is 16.1. The highest BCUT2D eigenvalue weighted by molar-refractivity contribution is 7.22. The van der Waals surface area contributed by atoms with Crippen molar-refractivity contribution < 1.29 is 4.79 Å². The summed E-state index contributed by atoms with van der Waals surface area (Å²) in [6, 6.07) is 20.0. The number of fused-ring (bicyclic) bond motifs is 1. The Kier molecular flexibility index (Phi) is 5.98. The van der Waals surface area contributed by atoms with Crippen LogP contribution in [0.1, 0.15) is 31.0 Å². The highest BCUT2D eigenvalue weighted by Crippen LogP contribution is 2.35. The summed E-state index contributed by atoms with van der Waals surface area (Å²) in [4.78, 5) is 28.9. The van der Waals surface area contributed by atoms with Crippen LogP contribution in [-0.2, 0) is 11.2 Å². The van der Waals surface area contributed by atoms with Crippen molar-refractivity contribution in [2.24, 2.45) is 0 Å². The van der Waals surface area contributed by atoms with Crippen molar-refractivity contribution in [2.45, 2.75) is 26.2 Å². The largest absolute Gasteiger partial charge is 0.274 e. The molecule has 0 bridgehead atoms. The molecule has 0 saturated carbocycles. The lowest BCUT2D eigenvalue weighted by Crippen LogP contribution is -2.27. The van der Waals surface area contributed by atoms with Gasteiger partial charge in [-0.25, -0.2) is 9.97 Å². The zero-order chi connectivity index (χ0) is 22.8. The highest BCUT2D eigenvalue weighted by Gasteiger charge is 2.23. The Hall–Kier alpha value is -3.42. The maximum Gasteiger partial charge on any atom is 0.239 e. The van der Waals surface area contributed by atoms with Gasteiger partial charge in [0, 0.05) is 23.3 Å². The molecule has 0 N–H and O–H groups in total. The monoisotopic (exact) mass is 470 g/mol. The second-order valence-corrected chi connectivity index (χ2v) is 9.87. The molecule has 5 rings (SSSR count). The van der Waals surface area contributed by atoms with Crippen LogP contribution in [0.3, 0.4) is 0 Å². The van der Waals surface area contributed by atoms with E-state index in [4.69, 9.17) is 4.98 Å². The molecule has 0 spiro atoms. The van der Waals surface area contributed by atoms with Crippen molar-refractivity contribution in [3.05, 3.63) is 89.7 Å². The summed E-state index contributed by atoms with van der Waals surface area (Å²) in [5, 5.41) is 3.47. The fraction of sp³-hybridized carbons (Fsp3) is 0.154. The molecule has 1 amide bonds. The van der Waals surface area contributed by atoms with Crippen LogP contribution < -0.4 is 4.90 Å². The van der Waals surface area contributed by atoms with Crippen molar-refractivity contribution in [1.82, 2.24) is 15.0 Å². The van der Waals surface area contributed by atoms with Crippen LogP contribution in [0, 0.1) is 0 Å². The van der Waals surface area contributed by atoms with Gasteiger partial charge in [-0.2, -0.15) is 0 Å². The number of hydrogen-bond acceptors (Lipinski definition) is 6. The molecule has 0 saturated heterocycles. The Morgan fingerprint density at radius 2 is 1.82 bits per heavy atom. The van der Waals surface area contributed by atoms with Crippen molar-refractivity contribution in [1.29, 1.82) is 0 Å². The zero-order valence-electron chi connectivity index (χ0n) is 18.3. The summed E-state index contributed by atoms with van der Waals surface area (Å²) in [5.74, 6) is 0.362. The number of rotatable bonds is 6. The number of pyridine rings is 1. The van der Waals surface area contributed by atoms with Gasteiger partial charge >= 0.3 is 0 Å². The van der Waals surface area contributed by atoms with Crippen molar-refractivity contribution in [3.8, 4) is 10.6 Å². The maximum absolute atomic E-state index is 13.6. The first-order valence-electron chi connectivity index (χ1n) is 10.7. The van der Waals surface area contributed by atoms with Gasteiger partial charge in [0.15, 0.2) is 5.13 Å². The summed E-state index contributed by atoms with van der Waals surface area (Å²) in [6.45, 7) is 4.32. The third-order valence-electron chi connectivity index (χ3n) is 5.33. The Labute approximate surface area is 200 Å². The number of benzene rings is 2. The molecule has 3 heterocycles. The molecule has 0 aliphatic heterocycles. The number of aromatic nitrogens is 3. The minimum Gasteiger partial charge on any atom is -0.274 e. The Balaban J connectivity index is 1.48. The predicted molar refractivity (Wildman–Crippen MR) is 136 cm³/mol. The lowest BCUT2D eigenvalue weighted by atomic mass is 10.0. The summed E-state index contributed by atoms with van der Waals surface area (Å²) in [7, 11) is 0. The van der Waals surface area contributed by atoms with Crippen LogP contribution in [-0.4, -0.2) is 20.9 Å². The van der Waals surface area contributed by atoms with Gasteiger partial charge in [0.1, 0.15) is 5.01 Å². The lowest BCUT2D eigenvalue weighted by molar-refractivity contribution is -0.117. The molecule has 0 radical (unpaired) electrons. The summed E-state index contributed by atoms with van der Waals surface area (Å²) < 4.78 is 1.05. The molecule has 2 aromatic carbocycles. The molecular weight excluding hydrogens is 448 g/mol. The van der Waals surface area contributed by atoms with E-state index in [-0.39, 0.29) is 12.3 Å². The molecule has 5 nitrogen and oxygen atoms in total. The van der Waals surface area contributed by atoms with E-state index in [0.29, 0.717) is 11.0 Å². The van der Waals surface area contributed by atoms with Gasteiger partial charge in [-0.1, -0.05) is 49.4 Å². The molecule has 0 fully saturated rings. The average Bonchev–Trinajstić information content (AvgIpc) is 3.47. The molecule has 164 valence electrons. The fourth-order valence-electron chi connectivity index (χ4n) is 3.57. The second-order valence-electron chi connectivity index (χ2n) is 8.00. The smallest absolute Gasteiger partial charge is 0.239 e. The van der Waals surface area contributed by atoms with Gasteiger partial charge in [-0.3, -0.25) is 14.7 Å². The Bertz CT molecular complexity index is 1360. The third-order valence-corrected chi connectivity index (χ3v) is 7.30. The van der Waals surface area contributed by atoms with E-state index in [1.54, 1.807) is 17.3 Å². The normalized spacial score (nSPS) is 11.2. The van der Waals surface area contributed by atoms with Crippen LogP contribution in [0.25, 0.3) is 20.8 Å². The van der Waals surface area contributed by atoms with Crippen molar-refractivity contribution in [2.75, 3.05) is 4.90 Å². The molecular formula is C26H22N4OS2. The Morgan fingerprint density at radius 3 is 2.55 bits per heavy atom. The number of hydrogen-bond donors (Lipinski definition) is 0. The molecule has 0 aliphatic carbocycles. The SMILES string of the molecule is CC(C)c1ccc(N(C(=O)Cc2csc(-c3cccnc3)n2)c2nc3ccccc3s2)cc1. The van der Waals surface area contributed by atoms with Crippen LogP contribution in [0.2, 0.25) is 0 Å². The van der Waals surface area contributed by atoms with E-state index < -0.39 is 0 Å². The topological polar surface area (TPSA) is 59.0 Å². The van der Waals surface area contributed by atoms with Crippen LogP contribution in [0.15, 0.2) is 78.4 Å². The Morgan fingerprint density at radius 1 is 1.00 bits per heavy atom. The van der Waals surface area contributed by atoms with E-state index in [1.807, 2.05) is 53.9 Å². The van der Waals surface area contributed by atoms with E-state index in [1.165, 1.54) is 28.2 Å². The van der Waals surface area contributed by atoms with Crippen LogP contribution in [0.5, 0.6) is 0 Å². The van der Waals surface area contributed by atoms with Gasteiger partial charge in [0.05, 0.1) is 28.0 Å². The molecule has 7 heteroatoms. The zero-order valence-corrected chi connectivity index (χ0v) is 19.9. The molecule has 0 aliphatic rings. The van der Waals surface area contributed by atoms with E-state index >= 15 is 0 Å². The molecule has 5 aromatic rings. The van der Waals surface area contributed by atoms with Gasteiger partial charge in [-0.05, 0) is 47.9 Å². The van der Waals surface area contributed by atoms with Gasteiger partial charge in [0.25, 0.3) is 0 Å². The minimum atomic E-state index is -0.0608. The highest BCUT2D eigenvalue weighted by atomic mass is 32.1. The van der Waals surface area contributed by atoms with Crippen molar-refractivity contribution in [3.63, 3.8) is 0 Å². The first-order valence-corrected chi connectivity index (χ1v) is 12.4. The van der Waals surface area contributed by atoms with Crippen LogP contribution >= 0.6 is 22.7 Å². The maximum atomic E-state index is 13.6. The summed E-state index contributed by atoms with van der Waals surface area (Å²) >= 11 is 3.04. The lowest BCUT2D eigenvalue weighted by Gasteiger charge is -2.20. The standard InChI is InChI=1S/C26H22N4OS2/c1-17(2)18-9-11-21(12-10-18)30(26-29-22-7-3-4-8-23(22)33-26)24(31)14-20-16-32-25(28-20)19-6-5-13-27-15-19/h3-13,15-17H,14H2,1-2H3.